The summed E-state index contributed by atoms with van der Waals surface area (Å²) < 4.78 is 6.96. The Balaban J connectivity index is 1.78. The lowest BCUT2D eigenvalue weighted by atomic mass is 10.1. The summed E-state index contributed by atoms with van der Waals surface area (Å²) >= 11 is 0. The predicted octanol–water partition coefficient (Wildman–Crippen LogP) is 1.40. The summed E-state index contributed by atoms with van der Waals surface area (Å²) in [6.45, 7) is 3.75. The Kier molecular flexibility index (Phi) is 4.74. The third kappa shape index (κ3) is 3.50. The van der Waals surface area contributed by atoms with E-state index in [1.165, 1.54) is 0 Å². The molecule has 7 nitrogen and oxygen atoms in total. The van der Waals surface area contributed by atoms with Gasteiger partial charge in [0.15, 0.2) is 5.69 Å². The number of hydrogen-bond donors (Lipinski definition) is 0. The van der Waals surface area contributed by atoms with E-state index in [0.717, 1.165) is 17.0 Å². The van der Waals surface area contributed by atoms with Gasteiger partial charge in [-0.15, -0.1) is 0 Å². The van der Waals surface area contributed by atoms with Gasteiger partial charge in [-0.2, -0.15) is 5.10 Å². The summed E-state index contributed by atoms with van der Waals surface area (Å²) in [6, 6.07) is 9.45. The number of methoxy groups -OCH3 is 1. The monoisotopic (exact) mass is 342 g/mol. The van der Waals surface area contributed by atoms with E-state index in [1.54, 1.807) is 34.6 Å². The smallest absolute Gasteiger partial charge is 0.274 e. The van der Waals surface area contributed by atoms with Crippen molar-refractivity contribution in [1.82, 2.24) is 19.6 Å². The minimum atomic E-state index is -0.104. The molecule has 2 heterocycles. The molecule has 0 radical (unpaired) electrons. The van der Waals surface area contributed by atoms with Gasteiger partial charge in [0.25, 0.3) is 5.91 Å². The van der Waals surface area contributed by atoms with Crippen molar-refractivity contribution in [2.75, 3.05) is 33.3 Å². The van der Waals surface area contributed by atoms with Crippen molar-refractivity contribution in [3.8, 4) is 17.0 Å². The maximum absolute atomic E-state index is 12.7. The van der Waals surface area contributed by atoms with E-state index in [0.29, 0.717) is 31.9 Å². The van der Waals surface area contributed by atoms with Crippen LogP contribution in [-0.2, 0) is 11.8 Å². The van der Waals surface area contributed by atoms with Gasteiger partial charge in [-0.25, -0.2) is 0 Å². The van der Waals surface area contributed by atoms with Crippen molar-refractivity contribution in [3.63, 3.8) is 0 Å². The number of piperazine rings is 1. The molecule has 1 saturated heterocycles. The first kappa shape index (κ1) is 17.0. The van der Waals surface area contributed by atoms with Gasteiger partial charge in [0, 0.05) is 45.7 Å². The molecular formula is C18H22N4O3. The quantitative estimate of drug-likeness (QED) is 0.846. The number of hydrogen-bond acceptors (Lipinski definition) is 4. The second kappa shape index (κ2) is 6.96. The zero-order chi connectivity index (χ0) is 18.0. The summed E-state index contributed by atoms with van der Waals surface area (Å²) in [6.07, 6.45) is 0. The Morgan fingerprint density at radius 1 is 1.08 bits per heavy atom. The Labute approximate surface area is 146 Å². The Bertz CT molecular complexity index is 791. The molecule has 0 bridgehead atoms. The molecule has 0 atom stereocenters. The van der Waals surface area contributed by atoms with Crippen molar-refractivity contribution in [3.05, 3.63) is 36.0 Å². The fourth-order valence-corrected chi connectivity index (χ4v) is 3.01. The third-order valence-corrected chi connectivity index (χ3v) is 4.48. The van der Waals surface area contributed by atoms with Crippen molar-refractivity contribution in [1.29, 1.82) is 0 Å². The largest absolute Gasteiger partial charge is 0.497 e. The van der Waals surface area contributed by atoms with Crippen molar-refractivity contribution in [2.45, 2.75) is 6.92 Å². The first-order valence-corrected chi connectivity index (χ1v) is 8.23. The number of nitrogens with zero attached hydrogens (tertiary/aromatic N) is 4. The Morgan fingerprint density at radius 2 is 1.76 bits per heavy atom. The molecule has 0 spiro atoms. The molecule has 7 heteroatoms. The topological polar surface area (TPSA) is 67.7 Å². The zero-order valence-corrected chi connectivity index (χ0v) is 14.7. The molecule has 1 aliphatic rings. The molecule has 1 aromatic heterocycles. The van der Waals surface area contributed by atoms with E-state index in [1.807, 2.05) is 31.3 Å². The van der Waals surface area contributed by atoms with Crippen LogP contribution in [0.25, 0.3) is 11.3 Å². The summed E-state index contributed by atoms with van der Waals surface area (Å²) in [5.74, 6) is 0.699. The number of aryl methyl sites for hydroxylation is 1. The molecule has 25 heavy (non-hydrogen) atoms. The fraction of sp³-hybridized carbons (Fsp3) is 0.389. The predicted molar refractivity (Wildman–Crippen MR) is 93.4 cm³/mol. The molecule has 3 rings (SSSR count). The van der Waals surface area contributed by atoms with Crippen molar-refractivity contribution in [2.24, 2.45) is 7.05 Å². The standard InChI is InChI=1S/C18H22N4O3/c1-13(23)21-7-9-22(10-8-21)18(24)16-12-17(20(2)19-16)14-5-4-6-15(11-14)25-3/h4-6,11-12H,7-10H2,1-3H3. The van der Waals surface area contributed by atoms with E-state index in [9.17, 15) is 9.59 Å². The summed E-state index contributed by atoms with van der Waals surface area (Å²) in [5, 5.41) is 4.38. The van der Waals surface area contributed by atoms with Crippen LogP contribution in [0.2, 0.25) is 0 Å². The van der Waals surface area contributed by atoms with Gasteiger partial charge in [0.1, 0.15) is 5.75 Å². The van der Waals surface area contributed by atoms with Crippen LogP contribution in [0.5, 0.6) is 5.75 Å². The molecule has 0 N–H and O–H groups in total. The van der Waals surface area contributed by atoms with Crippen LogP contribution in [0.3, 0.4) is 0 Å². The SMILES string of the molecule is COc1cccc(-c2cc(C(=O)N3CCN(C(C)=O)CC3)nn2C)c1. The first-order chi connectivity index (χ1) is 12.0. The molecule has 0 unspecified atom stereocenters. The Morgan fingerprint density at radius 3 is 2.40 bits per heavy atom. The Hall–Kier alpha value is -2.83. The van der Waals surface area contributed by atoms with E-state index >= 15 is 0 Å². The van der Waals surface area contributed by atoms with Gasteiger partial charge in [-0.05, 0) is 18.2 Å². The van der Waals surface area contributed by atoms with E-state index in [2.05, 4.69) is 5.10 Å². The molecule has 0 saturated carbocycles. The number of benzene rings is 1. The molecular weight excluding hydrogens is 320 g/mol. The molecule has 1 aliphatic heterocycles. The number of carbonyl (C=O) groups excluding carboxylic acids is 2. The number of rotatable bonds is 3. The van der Waals surface area contributed by atoms with Crippen LogP contribution in [0.15, 0.2) is 30.3 Å². The highest BCUT2D eigenvalue weighted by Gasteiger charge is 2.25. The van der Waals surface area contributed by atoms with E-state index in [-0.39, 0.29) is 11.8 Å². The van der Waals surface area contributed by atoms with Gasteiger partial charge in [-0.3, -0.25) is 14.3 Å². The van der Waals surface area contributed by atoms with Gasteiger partial charge >= 0.3 is 0 Å². The molecule has 1 aromatic carbocycles. The van der Waals surface area contributed by atoms with Gasteiger partial charge < -0.3 is 14.5 Å². The lowest BCUT2D eigenvalue weighted by Gasteiger charge is -2.33. The van der Waals surface area contributed by atoms with Gasteiger partial charge in [0.2, 0.25) is 5.91 Å². The number of aromatic nitrogens is 2. The minimum absolute atomic E-state index is 0.0465. The van der Waals surface area contributed by atoms with Gasteiger partial charge in [-0.1, -0.05) is 12.1 Å². The number of amides is 2. The lowest BCUT2D eigenvalue weighted by molar-refractivity contribution is -0.130. The van der Waals surface area contributed by atoms with Crippen LogP contribution in [-0.4, -0.2) is 64.7 Å². The van der Waals surface area contributed by atoms with Crippen LogP contribution >= 0.6 is 0 Å². The first-order valence-electron chi connectivity index (χ1n) is 8.23. The molecule has 2 aromatic rings. The highest BCUT2D eigenvalue weighted by atomic mass is 16.5. The molecule has 0 aliphatic carbocycles. The maximum atomic E-state index is 12.7. The average Bonchev–Trinajstić information content (AvgIpc) is 3.03. The van der Waals surface area contributed by atoms with Crippen LogP contribution in [0.4, 0.5) is 0 Å². The normalized spacial score (nSPS) is 14.5. The molecule has 132 valence electrons. The van der Waals surface area contributed by atoms with Crippen LogP contribution in [0.1, 0.15) is 17.4 Å². The summed E-state index contributed by atoms with van der Waals surface area (Å²) in [4.78, 5) is 27.6. The van der Waals surface area contributed by atoms with Crippen LogP contribution < -0.4 is 4.74 Å². The summed E-state index contributed by atoms with van der Waals surface area (Å²) in [5.41, 5.74) is 2.20. The third-order valence-electron chi connectivity index (χ3n) is 4.48. The number of carbonyl (C=O) groups is 2. The van der Waals surface area contributed by atoms with E-state index < -0.39 is 0 Å². The average molecular weight is 342 g/mol. The molecule has 2 amide bonds. The van der Waals surface area contributed by atoms with Crippen molar-refractivity contribution >= 4 is 11.8 Å². The fourth-order valence-electron chi connectivity index (χ4n) is 3.01. The maximum Gasteiger partial charge on any atom is 0.274 e. The van der Waals surface area contributed by atoms with Gasteiger partial charge in [0.05, 0.1) is 12.8 Å². The molecule has 1 fully saturated rings. The van der Waals surface area contributed by atoms with E-state index in [4.69, 9.17) is 4.74 Å². The summed E-state index contributed by atoms with van der Waals surface area (Å²) in [7, 11) is 3.44. The van der Waals surface area contributed by atoms with Crippen molar-refractivity contribution < 1.29 is 14.3 Å². The lowest BCUT2D eigenvalue weighted by Crippen LogP contribution is -2.50. The number of ether oxygens (including phenoxy) is 1. The second-order valence-electron chi connectivity index (χ2n) is 6.07. The minimum Gasteiger partial charge on any atom is -0.497 e. The highest BCUT2D eigenvalue weighted by molar-refractivity contribution is 5.93. The van der Waals surface area contributed by atoms with Crippen LogP contribution in [0, 0.1) is 0 Å². The second-order valence-corrected chi connectivity index (χ2v) is 6.07. The highest BCUT2D eigenvalue weighted by Crippen LogP contribution is 2.24. The zero-order valence-electron chi connectivity index (χ0n) is 14.7.